The maximum atomic E-state index is 11.8. The Kier molecular flexibility index (Phi) is 2.70. The van der Waals surface area contributed by atoms with Crippen molar-refractivity contribution in [2.75, 3.05) is 5.32 Å². The minimum atomic E-state index is -0.0361. The number of carbonyl (C=O) groups excluding carboxylic acids is 1. The number of rotatable bonds is 1. The third-order valence-electron chi connectivity index (χ3n) is 3.34. The van der Waals surface area contributed by atoms with Gasteiger partial charge in [0.05, 0.1) is 5.51 Å². The van der Waals surface area contributed by atoms with Crippen molar-refractivity contribution in [2.45, 2.75) is 38.5 Å². The number of nitrogens with one attached hydrogen (secondary N) is 2. The first-order valence-corrected chi connectivity index (χ1v) is 7.12. The highest BCUT2D eigenvalue weighted by molar-refractivity contribution is 7.09. The molecule has 1 aliphatic rings. The van der Waals surface area contributed by atoms with E-state index in [9.17, 15) is 4.79 Å². The molecule has 2 aromatic rings. The molecule has 19 heavy (non-hydrogen) atoms. The van der Waals surface area contributed by atoms with Crippen LogP contribution in [-0.2, 0) is 10.2 Å². The number of H-pyrrole nitrogens is 1. The Morgan fingerprint density at radius 3 is 2.84 bits per heavy atom. The van der Waals surface area contributed by atoms with Crippen LogP contribution in [0, 0.1) is 0 Å². The van der Waals surface area contributed by atoms with Crippen LogP contribution in [0.15, 0.2) is 11.7 Å². The van der Waals surface area contributed by atoms with E-state index in [0.717, 1.165) is 16.1 Å². The van der Waals surface area contributed by atoms with Crippen molar-refractivity contribution in [1.29, 1.82) is 0 Å². The van der Waals surface area contributed by atoms with Gasteiger partial charge in [-0.25, -0.2) is 0 Å². The lowest BCUT2D eigenvalue weighted by molar-refractivity contribution is -0.116. The molecule has 1 amide bonds. The van der Waals surface area contributed by atoms with Gasteiger partial charge in [0.25, 0.3) is 0 Å². The molecular weight excluding hydrogens is 260 g/mol. The van der Waals surface area contributed by atoms with E-state index < -0.39 is 0 Å². The molecule has 1 unspecified atom stereocenters. The number of aromatic nitrogens is 3. The minimum Gasteiger partial charge on any atom is -0.309 e. The molecule has 1 atom stereocenters. The van der Waals surface area contributed by atoms with Gasteiger partial charge in [0, 0.05) is 40.1 Å². The van der Waals surface area contributed by atoms with Gasteiger partial charge in [-0.1, -0.05) is 20.8 Å². The quantitative estimate of drug-likeness (QED) is 0.841. The summed E-state index contributed by atoms with van der Waals surface area (Å²) in [5, 5.41) is 10.2. The van der Waals surface area contributed by atoms with E-state index in [4.69, 9.17) is 0 Å². The van der Waals surface area contributed by atoms with Gasteiger partial charge in [-0.05, 0) is 0 Å². The Hall–Kier alpha value is -1.69. The first kappa shape index (κ1) is 12.3. The molecule has 0 fully saturated rings. The number of thiazole rings is 1. The number of carbonyl (C=O) groups is 1. The Labute approximate surface area is 115 Å². The number of amides is 1. The Bertz CT molecular complexity index is 609. The summed E-state index contributed by atoms with van der Waals surface area (Å²) in [4.78, 5) is 17.1. The second kappa shape index (κ2) is 4.16. The van der Waals surface area contributed by atoms with E-state index in [-0.39, 0.29) is 17.2 Å². The maximum Gasteiger partial charge on any atom is 0.226 e. The van der Waals surface area contributed by atoms with Gasteiger partial charge >= 0.3 is 0 Å². The van der Waals surface area contributed by atoms with Crippen molar-refractivity contribution in [3.05, 3.63) is 27.8 Å². The Balaban J connectivity index is 2.16. The van der Waals surface area contributed by atoms with Crippen LogP contribution in [-0.4, -0.2) is 21.1 Å². The summed E-state index contributed by atoms with van der Waals surface area (Å²) in [6, 6.07) is 0. The zero-order chi connectivity index (χ0) is 13.6. The highest BCUT2D eigenvalue weighted by Crippen LogP contribution is 2.42. The fraction of sp³-hybridized carbons (Fsp3) is 0.462. The molecule has 2 N–H and O–H groups in total. The fourth-order valence-corrected chi connectivity index (χ4v) is 3.20. The van der Waals surface area contributed by atoms with Crippen LogP contribution in [0.3, 0.4) is 0 Å². The van der Waals surface area contributed by atoms with E-state index in [1.807, 2.05) is 6.20 Å². The van der Waals surface area contributed by atoms with E-state index in [1.165, 1.54) is 0 Å². The summed E-state index contributed by atoms with van der Waals surface area (Å²) in [6.45, 7) is 6.42. The first-order valence-electron chi connectivity index (χ1n) is 6.24. The normalized spacial score (nSPS) is 19.1. The number of nitrogens with zero attached hydrogens (tertiary/aromatic N) is 2. The lowest BCUT2D eigenvalue weighted by Gasteiger charge is -2.26. The van der Waals surface area contributed by atoms with E-state index in [0.29, 0.717) is 12.2 Å². The number of hydrogen-bond acceptors (Lipinski definition) is 4. The number of anilines is 1. The summed E-state index contributed by atoms with van der Waals surface area (Å²) >= 11 is 1.59. The maximum absolute atomic E-state index is 11.8. The van der Waals surface area contributed by atoms with Crippen molar-refractivity contribution < 1.29 is 4.79 Å². The molecule has 3 heterocycles. The van der Waals surface area contributed by atoms with Crippen molar-refractivity contribution in [3.8, 4) is 0 Å². The molecule has 0 saturated heterocycles. The van der Waals surface area contributed by atoms with E-state index >= 15 is 0 Å². The smallest absolute Gasteiger partial charge is 0.226 e. The minimum absolute atomic E-state index is 0.0119. The monoisotopic (exact) mass is 276 g/mol. The van der Waals surface area contributed by atoms with E-state index in [2.05, 4.69) is 41.3 Å². The summed E-state index contributed by atoms with van der Waals surface area (Å²) in [5.74, 6) is 0.738. The zero-order valence-electron chi connectivity index (χ0n) is 11.2. The Morgan fingerprint density at radius 1 is 1.42 bits per heavy atom. The van der Waals surface area contributed by atoms with Gasteiger partial charge < -0.3 is 5.32 Å². The van der Waals surface area contributed by atoms with Crippen molar-refractivity contribution in [3.63, 3.8) is 0 Å². The third kappa shape index (κ3) is 2.06. The zero-order valence-corrected chi connectivity index (χ0v) is 12.0. The van der Waals surface area contributed by atoms with Crippen LogP contribution < -0.4 is 5.32 Å². The third-order valence-corrected chi connectivity index (χ3v) is 4.23. The highest BCUT2D eigenvalue weighted by atomic mass is 32.1. The van der Waals surface area contributed by atoms with Crippen molar-refractivity contribution in [1.82, 2.24) is 15.2 Å². The highest BCUT2D eigenvalue weighted by Gasteiger charge is 2.35. The second-order valence-electron chi connectivity index (χ2n) is 5.82. The summed E-state index contributed by atoms with van der Waals surface area (Å²) in [7, 11) is 0. The lowest BCUT2D eigenvalue weighted by atomic mass is 9.82. The average molecular weight is 276 g/mol. The van der Waals surface area contributed by atoms with Crippen LogP contribution in [0.1, 0.15) is 49.2 Å². The molecular formula is C13H16N4OS. The van der Waals surface area contributed by atoms with Crippen LogP contribution >= 0.6 is 11.3 Å². The van der Waals surface area contributed by atoms with Gasteiger partial charge in [-0.15, -0.1) is 11.3 Å². The van der Waals surface area contributed by atoms with Crippen LogP contribution in [0.25, 0.3) is 0 Å². The van der Waals surface area contributed by atoms with Crippen molar-refractivity contribution >= 4 is 23.1 Å². The Morgan fingerprint density at radius 2 is 2.21 bits per heavy atom. The van der Waals surface area contributed by atoms with Gasteiger partial charge in [0.15, 0.2) is 5.82 Å². The number of aromatic amines is 1. The number of hydrogen-bond donors (Lipinski definition) is 2. The number of fused-ring (bicyclic) bond motifs is 1. The molecule has 0 aliphatic carbocycles. The van der Waals surface area contributed by atoms with Crippen LogP contribution in [0.4, 0.5) is 5.82 Å². The van der Waals surface area contributed by atoms with E-state index in [1.54, 1.807) is 16.8 Å². The van der Waals surface area contributed by atoms with Gasteiger partial charge in [0.2, 0.25) is 5.91 Å². The molecule has 0 spiro atoms. The summed E-state index contributed by atoms with van der Waals surface area (Å²) in [6.07, 6.45) is 2.30. The molecule has 5 nitrogen and oxygen atoms in total. The molecule has 6 heteroatoms. The van der Waals surface area contributed by atoms with Crippen LogP contribution in [0.2, 0.25) is 0 Å². The molecule has 3 rings (SSSR count). The average Bonchev–Trinajstić information content (AvgIpc) is 2.95. The predicted octanol–water partition coefficient (Wildman–Crippen LogP) is 2.64. The summed E-state index contributed by atoms with van der Waals surface area (Å²) < 4.78 is 0. The SMILES string of the molecule is CC(C)(C)c1[nH]nc2c1C(c1cncs1)CC(=O)N2. The predicted molar refractivity (Wildman–Crippen MR) is 74.5 cm³/mol. The topological polar surface area (TPSA) is 70.7 Å². The molecule has 0 aromatic carbocycles. The molecule has 0 saturated carbocycles. The van der Waals surface area contributed by atoms with Gasteiger partial charge in [0.1, 0.15) is 0 Å². The second-order valence-corrected chi connectivity index (χ2v) is 6.74. The largest absolute Gasteiger partial charge is 0.309 e. The summed E-state index contributed by atoms with van der Waals surface area (Å²) in [5.41, 5.74) is 3.96. The standard InChI is InChI=1S/C13H16N4OS/c1-13(2,3)11-10-7(8-5-14-6-19-8)4-9(18)15-12(10)17-16-11/h5-7H,4H2,1-3H3,(H2,15,16,17,18). The molecule has 2 aromatic heterocycles. The molecule has 100 valence electrons. The van der Waals surface area contributed by atoms with Crippen LogP contribution in [0.5, 0.6) is 0 Å². The van der Waals surface area contributed by atoms with Crippen molar-refractivity contribution in [2.24, 2.45) is 0 Å². The van der Waals surface area contributed by atoms with Gasteiger partial charge in [-0.3, -0.25) is 14.9 Å². The first-order chi connectivity index (χ1) is 8.97. The van der Waals surface area contributed by atoms with Gasteiger partial charge in [-0.2, -0.15) is 5.10 Å². The lowest BCUT2D eigenvalue weighted by Crippen LogP contribution is -2.25. The molecule has 1 aliphatic heterocycles. The molecule has 0 bridgehead atoms. The fourth-order valence-electron chi connectivity index (χ4n) is 2.47. The molecule has 0 radical (unpaired) electrons.